The second kappa shape index (κ2) is 7.48. The summed E-state index contributed by atoms with van der Waals surface area (Å²) in [6, 6.07) is 9.28. The monoisotopic (exact) mass is 374 g/mol. The maximum atomic E-state index is 10.7. The topological polar surface area (TPSA) is 125 Å². The molecule has 0 aliphatic heterocycles. The van der Waals surface area contributed by atoms with Gasteiger partial charge < -0.3 is 26.4 Å². The average molecular weight is 375 g/mol. The summed E-state index contributed by atoms with van der Waals surface area (Å²) in [5.41, 5.74) is 5.03. The summed E-state index contributed by atoms with van der Waals surface area (Å²) in [7, 11) is 0. The van der Waals surface area contributed by atoms with Crippen LogP contribution < -0.4 is 11.1 Å². The summed E-state index contributed by atoms with van der Waals surface area (Å²) in [4.78, 5) is 7.97. The Balaban J connectivity index is 1.96. The molecule has 2 aromatic rings. The lowest BCUT2D eigenvalue weighted by Gasteiger charge is -2.30. The molecule has 1 saturated carbocycles. The van der Waals surface area contributed by atoms with Gasteiger partial charge in [-0.1, -0.05) is 41.6 Å². The highest BCUT2D eigenvalue weighted by atomic mass is 35.5. The Bertz CT molecular complexity index is 853. The number of aliphatic hydroxyl groups is 3. The van der Waals surface area contributed by atoms with Gasteiger partial charge in [0.05, 0.1) is 0 Å². The quantitative estimate of drug-likeness (QED) is 0.308. The Hall–Kier alpha value is -2.37. The predicted octanol–water partition coefficient (Wildman–Crippen LogP) is 0.976. The second-order valence-corrected chi connectivity index (χ2v) is 6.55. The number of hydrogen-bond donors (Lipinski definition) is 5. The summed E-state index contributed by atoms with van der Waals surface area (Å²) in [5, 5.41) is 33.2. The van der Waals surface area contributed by atoms with Crippen molar-refractivity contribution >= 4 is 23.4 Å². The van der Waals surface area contributed by atoms with Crippen LogP contribution in [0, 0.1) is 17.8 Å². The van der Waals surface area contributed by atoms with Crippen molar-refractivity contribution in [3.05, 3.63) is 46.6 Å². The molecule has 7 nitrogen and oxygen atoms in total. The van der Waals surface area contributed by atoms with Crippen molar-refractivity contribution in [1.29, 1.82) is 0 Å². The largest absolute Gasteiger partial charge is 0.396 e. The van der Waals surface area contributed by atoms with E-state index < -0.39 is 17.7 Å². The number of rotatable bonds is 3. The van der Waals surface area contributed by atoms with Crippen LogP contribution in [-0.2, 0) is 0 Å². The van der Waals surface area contributed by atoms with E-state index in [-0.39, 0.29) is 35.5 Å². The Morgan fingerprint density at radius 2 is 2.00 bits per heavy atom. The first kappa shape index (κ1) is 18.4. The van der Waals surface area contributed by atoms with Crippen LogP contribution in [0.15, 0.2) is 30.3 Å². The smallest absolute Gasteiger partial charge is 0.223 e. The summed E-state index contributed by atoms with van der Waals surface area (Å²) >= 11 is 6.17. The molecule has 1 aromatic carbocycles. The van der Waals surface area contributed by atoms with E-state index in [0.29, 0.717) is 6.42 Å². The van der Waals surface area contributed by atoms with E-state index in [1.54, 1.807) is 0 Å². The molecule has 1 aromatic heterocycles. The molecule has 6 N–H and O–H groups in total. The second-order valence-electron chi connectivity index (χ2n) is 6.19. The van der Waals surface area contributed by atoms with Gasteiger partial charge in [0.25, 0.3) is 0 Å². The maximum Gasteiger partial charge on any atom is 0.223 e. The van der Waals surface area contributed by atoms with Gasteiger partial charge >= 0.3 is 0 Å². The molecule has 1 aliphatic rings. The Morgan fingerprint density at radius 3 is 2.65 bits per heavy atom. The number of nitrogen functional groups attached to an aromatic ring is 1. The summed E-state index contributed by atoms with van der Waals surface area (Å²) in [5.74, 6) is 5.46. The van der Waals surface area contributed by atoms with Gasteiger partial charge in [-0.15, -0.1) is 0 Å². The number of halogens is 1. The number of nitrogens with zero attached hydrogens (tertiary/aromatic N) is 2. The SMILES string of the molecule is Nc1nc(Cl)c(C#Cc2ccccc2)c(NC2(O)CCC(CO)C2O)n1. The fourth-order valence-electron chi connectivity index (χ4n) is 2.94. The first-order chi connectivity index (χ1) is 12.4. The molecular formula is C18H19ClN4O3. The zero-order valence-electron chi connectivity index (χ0n) is 13.9. The average Bonchev–Trinajstić information content (AvgIpc) is 2.89. The lowest BCUT2D eigenvalue weighted by atomic mass is 10.0. The van der Waals surface area contributed by atoms with Crippen molar-refractivity contribution in [2.24, 2.45) is 5.92 Å². The number of hydrogen-bond acceptors (Lipinski definition) is 7. The van der Waals surface area contributed by atoms with E-state index in [9.17, 15) is 15.3 Å². The third-order valence-electron chi connectivity index (χ3n) is 4.39. The van der Waals surface area contributed by atoms with Crippen LogP contribution in [0.25, 0.3) is 0 Å². The Labute approximate surface area is 155 Å². The van der Waals surface area contributed by atoms with Crippen LogP contribution in [0.3, 0.4) is 0 Å². The lowest BCUT2D eigenvalue weighted by Crippen LogP contribution is -2.48. The Kier molecular flexibility index (Phi) is 5.30. The standard InChI is InChI=1S/C18H19ClN4O3/c19-15-13(7-6-11-4-2-1-3-5-11)16(22-17(20)21-15)23-18(26)9-8-12(10-24)14(18)25/h1-5,12,14,24-26H,8-10H2,(H3,20,21,22,23). The molecule has 1 aliphatic carbocycles. The minimum Gasteiger partial charge on any atom is -0.396 e. The molecular weight excluding hydrogens is 356 g/mol. The minimum atomic E-state index is -1.67. The van der Waals surface area contributed by atoms with E-state index in [2.05, 4.69) is 27.1 Å². The van der Waals surface area contributed by atoms with Gasteiger partial charge in [0, 0.05) is 18.1 Å². The molecule has 136 valence electrons. The van der Waals surface area contributed by atoms with Crippen molar-refractivity contribution in [2.75, 3.05) is 17.7 Å². The van der Waals surface area contributed by atoms with Crippen molar-refractivity contribution < 1.29 is 15.3 Å². The highest BCUT2D eigenvalue weighted by molar-refractivity contribution is 6.31. The molecule has 3 atom stereocenters. The molecule has 0 amide bonds. The first-order valence-corrected chi connectivity index (χ1v) is 8.50. The van der Waals surface area contributed by atoms with E-state index in [0.717, 1.165) is 5.56 Å². The Morgan fingerprint density at radius 1 is 1.27 bits per heavy atom. The van der Waals surface area contributed by atoms with Crippen molar-refractivity contribution in [3.63, 3.8) is 0 Å². The normalized spacial score (nSPS) is 24.8. The highest BCUT2D eigenvalue weighted by Gasteiger charge is 2.47. The van der Waals surface area contributed by atoms with Gasteiger partial charge in [0.15, 0.2) is 16.7 Å². The molecule has 1 fully saturated rings. The fraction of sp³-hybridized carbons (Fsp3) is 0.333. The zero-order chi connectivity index (χ0) is 18.7. The predicted molar refractivity (Wildman–Crippen MR) is 98.3 cm³/mol. The number of aliphatic hydroxyl groups excluding tert-OH is 2. The van der Waals surface area contributed by atoms with Crippen LogP contribution in [0.4, 0.5) is 11.8 Å². The molecule has 0 spiro atoms. The van der Waals surface area contributed by atoms with Crippen molar-refractivity contribution in [3.8, 4) is 11.8 Å². The highest BCUT2D eigenvalue weighted by Crippen LogP contribution is 2.36. The fourth-order valence-corrected chi connectivity index (χ4v) is 3.16. The minimum absolute atomic E-state index is 0.0400. The summed E-state index contributed by atoms with van der Waals surface area (Å²) in [6.07, 6.45) is -0.482. The number of nitrogens with two attached hydrogens (primary N) is 1. The summed E-state index contributed by atoms with van der Waals surface area (Å²) < 4.78 is 0. The molecule has 3 unspecified atom stereocenters. The van der Waals surface area contributed by atoms with Crippen LogP contribution in [0.5, 0.6) is 0 Å². The number of anilines is 2. The summed E-state index contributed by atoms with van der Waals surface area (Å²) in [6.45, 7) is -0.224. The molecule has 0 saturated heterocycles. The van der Waals surface area contributed by atoms with Crippen LogP contribution in [0.1, 0.15) is 24.0 Å². The maximum absolute atomic E-state index is 10.7. The molecule has 0 radical (unpaired) electrons. The van der Waals surface area contributed by atoms with Gasteiger partial charge in [-0.3, -0.25) is 0 Å². The lowest BCUT2D eigenvalue weighted by molar-refractivity contribution is -0.0545. The zero-order valence-corrected chi connectivity index (χ0v) is 14.6. The number of benzene rings is 1. The van der Waals surface area contributed by atoms with Crippen LogP contribution >= 0.6 is 11.6 Å². The molecule has 3 rings (SSSR count). The molecule has 1 heterocycles. The first-order valence-electron chi connectivity index (χ1n) is 8.12. The van der Waals surface area contributed by atoms with Gasteiger partial charge in [-0.25, -0.2) is 0 Å². The molecule has 0 bridgehead atoms. The van der Waals surface area contributed by atoms with Crippen molar-refractivity contribution in [1.82, 2.24) is 9.97 Å². The van der Waals surface area contributed by atoms with E-state index in [1.165, 1.54) is 0 Å². The third kappa shape index (κ3) is 3.74. The van der Waals surface area contributed by atoms with E-state index >= 15 is 0 Å². The molecule has 8 heteroatoms. The van der Waals surface area contributed by atoms with Crippen LogP contribution in [0.2, 0.25) is 5.15 Å². The van der Waals surface area contributed by atoms with Gasteiger partial charge in [0.1, 0.15) is 11.7 Å². The third-order valence-corrected chi connectivity index (χ3v) is 4.66. The van der Waals surface area contributed by atoms with E-state index in [4.69, 9.17) is 17.3 Å². The van der Waals surface area contributed by atoms with Gasteiger partial charge in [-0.05, 0) is 25.0 Å². The number of aromatic nitrogens is 2. The van der Waals surface area contributed by atoms with Crippen molar-refractivity contribution in [2.45, 2.75) is 24.7 Å². The van der Waals surface area contributed by atoms with Crippen LogP contribution in [-0.4, -0.2) is 43.7 Å². The van der Waals surface area contributed by atoms with Gasteiger partial charge in [-0.2, -0.15) is 9.97 Å². The number of nitrogens with one attached hydrogen (secondary N) is 1. The van der Waals surface area contributed by atoms with E-state index in [1.807, 2.05) is 30.3 Å². The molecule has 26 heavy (non-hydrogen) atoms. The van der Waals surface area contributed by atoms with Gasteiger partial charge in [0.2, 0.25) is 5.95 Å².